The van der Waals surface area contributed by atoms with Crippen molar-refractivity contribution in [1.82, 2.24) is 15.1 Å². The minimum absolute atomic E-state index is 0.0405. The monoisotopic (exact) mass is 243 g/mol. The molecular formula is C10H17N3O4. The second-order valence-corrected chi connectivity index (χ2v) is 3.74. The van der Waals surface area contributed by atoms with Crippen LogP contribution in [0, 0.1) is 0 Å². The molecule has 0 aromatic heterocycles. The molecule has 2 N–H and O–H groups in total. The van der Waals surface area contributed by atoms with Crippen molar-refractivity contribution in [3.05, 3.63) is 0 Å². The molecule has 1 saturated heterocycles. The van der Waals surface area contributed by atoms with E-state index in [-0.39, 0.29) is 19.0 Å². The van der Waals surface area contributed by atoms with Gasteiger partial charge in [0.05, 0.1) is 0 Å². The first-order chi connectivity index (χ1) is 8.01. The number of carbonyl (C=O) groups is 3. The lowest BCUT2D eigenvalue weighted by atomic mass is 10.2. The third-order valence-corrected chi connectivity index (χ3v) is 2.75. The van der Waals surface area contributed by atoms with E-state index in [9.17, 15) is 14.4 Å². The summed E-state index contributed by atoms with van der Waals surface area (Å²) in [5.41, 5.74) is 0. The van der Waals surface area contributed by atoms with E-state index in [2.05, 4.69) is 5.32 Å². The Morgan fingerprint density at radius 1 is 1.47 bits per heavy atom. The second-order valence-electron chi connectivity index (χ2n) is 3.74. The molecule has 7 heteroatoms. The zero-order valence-corrected chi connectivity index (χ0v) is 9.97. The molecule has 1 atom stereocenters. The number of carboxylic acid groups (broad SMARTS) is 1. The number of aliphatic carboxylic acids is 1. The predicted octanol–water partition coefficient (Wildman–Crippen LogP) is -0.667. The van der Waals surface area contributed by atoms with Crippen molar-refractivity contribution in [1.29, 1.82) is 0 Å². The second kappa shape index (κ2) is 5.51. The molecule has 1 rings (SSSR count). The summed E-state index contributed by atoms with van der Waals surface area (Å²) in [4.78, 5) is 36.9. The van der Waals surface area contributed by atoms with Crippen molar-refractivity contribution in [2.75, 3.05) is 26.2 Å². The molecule has 1 heterocycles. The Balaban J connectivity index is 2.85. The van der Waals surface area contributed by atoms with E-state index in [1.165, 1.54) is 4.90 Å². The van der Waals surface area contributed by atoms with E-state index < -0.39 is 18.0 Å². The van der Waals surface area contributed by atoms with Gasteiger partial charge in [-0.3, -0.25) is 9.69 Å². The highest BCUT2D eigenvalue weighted by molar-refractivity contribution is 5.90. The highest BCUT2D eigenvalue weighted by Gasteiger charge is 2.36. The van der Waals surface area contributed by atoms with Crippen LogP contribution in [-0.2, 0) is 9.59 Å². The number of nitrogens with one attached hydrogen (secondary N) is 1. The number of piperazine rings is 1. The number of amides is 3. The Hall–Kier alpha value is -1.79. The van der Waals surface area contributed by atoms with Crippen molar-refractivity contribution in [3.63, 3.8) is 0 Å². The van der Waals surface area contributed by atoms with Crippen LogP contribution in [0.3, 0.4) is 0 Å². The molecule has 0 aromatic carbocycles. The highest BCUT2D eigenvalue weighted by atomic mass is 16.4. The van der Waals surface area contributed by atoms with Gasteiger partial charge >= 0.3 is 12.0 Å². The summed E-state index contributed by atoms with van der Waals surface area (Å²) in [5, 5.41) is 11.4. The van der Waals surface area contributed by atoms with Crippen LogP contribution >= 0.6 is 0 Å². The Morgan fingerprint density at radius 3 is 2.53 bits per heavy atom. The SMILES string of the molecule is CCN(CC)C(=O)N1CC(=O)NCC1C(=O)O. The molecule has 96 valence electrons. The molecule has 1 fully saturated rings. The van der Waals surface area contributed by atoms with Crippen LogP contribution in [0.25, 0.3) is 0 Å². The smallest absolute Gasteiger partial charge is 0.328 e. The maximum Gasteiger partial charge on any atom is 0.328 e. The molecule has 0 aromatic rings. The summed E-state index contributed by atoms with van der Waals surface area (Å²) in [7, 11) is 0. The first-order valence-corrected chi connectivity index (χ1v) is 5.56. The zero-order chi connectivity index (χ0) is 13.0. The average Bonchev–Trinajstić information content (AvgIpc) is 2.29. The van der Waals surface area contributed by atoms with Crippen LogP contribution in [0.5, 0.6) is 0 Å². The molecule has 1 aliphatic rings. The van der Waals surface area contributed by atoms with Crippen molar-refractivity contribution >= 4 is 17.9 Å². The molecule has 1 aliphatic heterocycles. The molecular weight excluding hydrogens is 226 g/mol. The Labute approximate surface area is 99.4 Å². The summed E-state index contributed by atoms with van der Waals surface area (Å²) in [6.07, 6.45) is 0. The third kappa shape index (κ3) is 2.86. The van der Waals surface area contributed by atoms with E-state index in [1.54, 1.807) is 13.8 Å². The van der Waals surface area contributed by atoms with Crippen LogP contribution in [-0.4, -0.2) is 65.0 Å². The maximum atomic E-state index is 12.0. The van der Waals surface area contributed by atoms with Gasteiger partial charge in [0.1, 0.15) is 12.6 Å². The van der Waals surface area contributed by atoms with E-state index in [1.807, 2.05) is 0 Å². The molecule has 1 unspecified atom stereocenters. The molecule has 3 amide bonds. The number of hydrogen-bond acceptors (Lipinski definition) is 3. The summed E-state index contributed by atoms with van der Waals surface area (Å²) < 4.78 is 0. The van der Waals surface area contributed by atoms with Crippen LogP contribution in [0.4, 0.5) is 4.79 Å². The number of nitrogens with zero attached hydrogens (tertiary/aromatic N) is 2. The van der Waals surface area contributed by atoms with Gasteiger partial charge in [-0.25, -0.2) is 9.59 Å². The molecule has 0 aliphatic carbocycles. The van der Waals surface area contributed by atoms with Gasteiger partial charge in [-0.2, -0.15) is 0 Å². The van der Waals surface area contributed by atoms with Gasteiger partial charge in [-0.15, -0.1) is 0 Å². The van der Waals surface area contributed by atoms with Gasteiger partial charge in [-0.05, 0) is 13.8 Å². The number of rotatable bonds is 3. The summed E-state index contributed by atoms with van der Waals surface area (Å²) in [5.74, 6) is -1.44. The Bertz CT molecular complexity index is 328. The molecule has 0 radical (unpaired) electrons. The van der Waals surface area contributed by atoms with E-state index >= 15 is 0 Å². The fraction of sp³-hybridized carbons (Fsp3) is 0.700. The van der Waals surface area contributed by atoms with Crippen molar-refractivity contribution < 1.29 is 19.5 Å². The lowest BCUT2D eigenvalue weighted by Crippen LogP contribution is -2.61. The van der Waals surface area contributed by atoms with Gasteiger partial charge < -0.3 is 15.3 Å². The van der Waals surface area contributed by atoms with Crippen LogP contribution in [0.15, 0.2) is 0 Å². The molecule has 0 saturated carbocycles. The first-order valence-electron chi connectivity index (χ1n) is 5.56. The maximum absolute atomic E-state index is 12.0. The fourth-order valence-electron chi connectivity index (χ4n) is 1.74. The highest BCUT2D eigenvalue weighted by Crippen LogP contribution is 2.08. The lowest BCUT2D eigenvalue weighted by molar-refractivity contribution is -0.144. The van der Waals surface area contributed by atoms with Crippen LogP contribution in [0.1, 0.15) is 13.8 Å². The van der Waals surface area contributed by atoms with E-state index in [0.29, 0.717) is 13.1 Å². The zero-order valence-electron chi connectivity index (χ0n) is 9.97. The minimum atomic E-state index is -1.11. The predicted molar refractivity (Wildman–Crippen MR) is 59.5 cm³/mol. The van der Waals surface area contributed by atoms with E-state index in [0.717, 1.165) is 4.90 Å². The number of urea groups is 1. The summed E-state index contributed by atoms with van der Waals surface area (Å²) in [6.45, 7) is 4.34. The van der Waals surface area contributed by atoms with Gasteiger partial charge in [0, 0.05) is 19.6 Å². The quantitative estimate of drug-likeness (QED) is 0.688. The molecule has 17 heavy (non-hydrogen) atoms. The molecule has 7 nitrogen and oxygen atoms in total. The number of hydrogen-bond donors (Lipinski definition) is 2. The van der Waals surface area contributed by atoms with E-state index in [4.69, 9.17) is 5.11 Å². The summed E-state index contributed by atoms with van der Waals surface area (Å²) in [6, 6.07) is -1.39. The van der Waals surface area contributed by atoms with Gasteiger partial charge in [0.15, 0.2) is 0 Å². The van der Waals surface area contributed by atoms with Crippen LogP contribution in [0.2, 0.25) is 0 Å². The summed E-state index contributed by atoms with van der Waals surface area (Å²) >= 11 is 0. The topological polar surface area (TPSA) is 90.0 Å². The molecule has 0 bridgehead atoms. The first kappa shape index (κ1) is 13.3. The largest absolute Gasteiger partial charge is 0.480 e. The molecule has 0 spiro atoms. The van der Waals surface area contributed by atoms with Gasteiger partial charge in [-0.1, -0.05) is 0 Å². The van der Waals surface area contributed by atoms with Gasteiger partial charge in [0.2, 0.25) is 5.91 Å². The number of carbonyl (C=O) groups excluding carboxylic acids is 2. The fourth-order valence-corrected chi connectivity index (χ4v) is 1.74. The van der Waals surface area contributed by atoms with Crippen molar-refractivity contribution in [3.8, 4) is 0 Å². The lowest BCUT2D eigenvalue weighted by Gasteiger charge is -2.35. The average molecular weight is 243 g/mol. The van der Waals surface area contributed by atoms with Crippen LogP contribution < -0.4 is 5.32 Å². The van der Waals surface area contributed by atoms with Crippen molar-refractivity contribution in [2.24, 2.45) is 0 Å². The normalized spacial score (nSPS) is 19.8. The third-order valence-electron chi connectivity index (χ3n) is 2.75. The Morgan fingerprint density at radius 2 is 2.06 bits per heavy atom. The van der Waals surface area contributed by atoms with Crippen molar-refractivity contribution in [2.45, 2.75) is 19.9 Å². The van der Waals surface area contributed by atoms with Gasteiger partial charge in [0.25, 0.3) is 0 Å². The number of carboxylic acids is 1. The minimum Gasteiger partial charge on any atom is -0.480 e. The standard InChI is InChI=1S/C10H17N3O4/c1-3-12(4-2)10(17)13-6-8(14)11-5-7(13)9(15)16/h7H,3-6H2,1-2H3,(H,11,14)(H,15,16). The Kier molecular flexibility index (Phi) is 4.30.